The Bertz CT molecular complexity index is 891. The van der Waals surface area contributed by atoms with Crippen LogP contribution in [0.1, 0.15) is 35.4 Å². The lowest BCUT2D eigenvalue weighted by Gasteiger charge is -2.22. The van der Waals surface area contributed by atoms with Crippen molar-refractivity contribution in [3.05, 3.63) is 81.6 Å². The second-order valence-electron chi connectivity index (χ2n) is 7.05. The van der Waals surface area contributed by atoms with Gasteiger partial charge in [0, 0.05) is 24.1 Å². The number of aliphatic imine (C=N–C) groups is 1. The predicted octanol–water partition coefficient (Wildman–Crippen LogP) is 4.84. The number of halogens is 1. The van der Waals surface area contributed by atoms with Crippen molar-refractivity contribution in [3.63, 3.8) is 0 Å². The maximum Gasteiger partial charge on any atom is 0.168 e. The van der Waals surface area contributed by atoms with Crippen molar-refractivity contribution in [1.29, 1.82) is 0 Å². The predicted molar refractivity (Wildman–Crippen MR) is 104 cm³/mol. The van der Waals surface area contributed by atoms with Crippen molar-refractivity contribution >= 4 is 23.6 Å². The van der Waals surface area contributed by atoms with Crippen molar-refractivity contribution in [1.82, 2.24) is 0 Å². The van der Waals surface area contributed by atoms with Crippen LogP contribution >= 0.6 is 11.6 Å². The number of allylic oxidation sites excluding steroid dienone is 2. The molecule has 0 radical (unpaired) electrons. The average Bonchev–Trinajstić information content (AvgIpc) is 3.03. The highest BCUT2D eigenvalue weighted by molar-refractivity contribution is 6.30. The second-order valence-corrected chi connectivity index (χ2v) is 7.49. The second kappa shape index (κ2) is 7.08. The van der Waals surface area contributed by atoms with Crippen molar-refractivity contribution in [2.75, 3.05) is 0 Å². The van der Waals surface area contributed by atoms with E-state index in [4.69, 9.17) is 11.6 Å². The molecule has 0 fully saturated rings. The summed E-state index contributed by atoms with van der Waals surface area (Å²) in [5, 5.41) is 11.1. The third-order valence-corrected chi connectivity index (χ3v) is 5.48. The Balaban J connectivity index is 1.49. The third kappa shape index (κ3) is 3.45. The van der Waals surface area contributed by atoms with Gasteiger partial charge in [0.25, 0.3) is 0 Å². The molecule has 0 aliphatic heterocycles. The van der Waals surface area contributed by atoms with E-state index < -0.39 is 0 Å². The molecule has 1 unspecified atom stereocenters. The van der Waals surface area contributed by atoms with Crippen LogP contribution in [-0.4, -0.2) is 23.1 Å². The molecule has 0 spiro atoms. The summed E-state index contributed by atoms with van der Waals surface area (Å²) in [6.45, 7) is 0. The number of aliphatic hydroxyl groups excluding tert-OH is 1. The Morgan fingerprint density at radius 3 is 2.38 bits per heavy atom. The molecule has 1 N–H and O–H groups in total. The molecule has 3 nitrogen and oxygen atoms in total. The van der Waals surface area contributed by atoms with Gasteiger partial charge in [-0.15, -0.1) is 0 Å². The van der Waals surface area contributed by atoms with E-state index in [9.17, 15) is 9.90 Å². The molecule has 2 aliphatic rings. The van der Waals surface area contributed by atoms with E-state index >= 15 is 0 Å². The molecule has 0 heterocycles. The minimum Gasteiger partial charge on any atom is -0.511 e. The van der Waals surface area contributed by atoms with Gasteiger partial charge in [0.2, 0.25) is 0 Å². The number of rotatable bonds is 3. The number of fused-ring (bicyclic) bond motifs is 1. The summed E-state index contributed by atoms with van der Waals surface area (Å²) >= 11 is 6.05. The molecule has 0 saturated heterocycles. The Morgan fingerprint density at radius 2 is 1.73 bits per heavy atom. The topological polar surface area (TPSA) is 49.7 Å². The van der Waals surface area contributed by atoms with Crippen molar-refractivity contribution in [2.45, 2.75) is 37.6 Å². The Labute approximate surface area is 158 Å². The number of carbonyl (C=O) groups is 1. The largest absolute Gasteiger partial charge is 0.511 e. The van der Waals surface area contributed by atoms with E-state index in [1.165, 1.54) is 11.1 Å². The molecule has 4 heteroatoms. The van der Waals surface area contributed by atoms with Crippen LogP contribution in [0.4, 0.5) is 0 Å². The van der Waals surface area contributed by atoms with Gasteiger partial charge in [0.15, 0.2) is 5.78 Å². The summed E-state index contributed by atoms with van der Waals surface area (Å²) < 4.78 is 0. The Kier molecular flexibility index (Phi) is 4.64. The van der Waals surface area contributed by atoms with Crippen LogP contribution in [0.2, 0.25) is 5.02 Å². The van der Waals surface area contributed by atoms with Crippen LogP contribution in [0.5, 0.6) is 0 Å². The zero-order chi connectivity index (χ0) is 18.1. The first kappa shape index (κ1) is 17.0. The highest BCUT2D eigenvalue weighted by Crippen LogP contribution is 2.34. The summed E-state index contributed by atoms with van der Waals surface area (Å²) in [6, 6.07) is 16.0. The summed E-state index contributed by atoms with van der Waals surface area (Å²) in [7, 11) is 0. The molecular weight excluding hydrogens is 346 g/mol. The molecule has 4 rings (SSSR count). The van der Waals surface area contributed by atoms with Gasteiger partial charge in [-0.05, 0) is 47.6 Å². The maximum atomic E-state index is 12.6. The molecule has 1 atom stereocenters. The number of aliphatic hydroxyl groups is 1. The van der Waals surface area contributed by atoms with E-state index in [0.29, 0.717) is 23.4 Å². The molecule has 2 aromatic rings. The number of ketones is 1. The number of hydrogen-bond acceptors (Lipinski definition) is 3. The van der Waals surface area contributed by atoms with Crippen LogP contribution in [0, 0.1) is 0 Å². The lowest BCUT2D eigenvalue weighted by atomic mass is 9.83. The number of hydrogen-bond donors (Lipinski definition) is 1. The van der Waals surface area contributed by atoms with Crippen molar-refractivity contribution in [3.8, 4) is 0 Å². The molecule has 26 heavy (non-hydrogen) atoms. The summed E-state index contributed by atoms with van der Waals surface area (Å²) in [4.78, 5) is 17.1. The van der Waals surface area contributed by atoms with Crippen LogP contribution in [0.25, 0.3) is 0 Å². The molecule has 2 aromatic carbocycles. The highest BCUT2D eigenvalue weighted by atomic mass is 35.5. The van der Waals surface area contributed by atoms with Crippen LogP contribution in [0.15, 0.2) is 64.9 Å². The lowest BCUT2D eigenvalue weighted by Crippen LogP contribution is -2.20. The van der Waals surface area contributed by atoms with Crippen LogP contribution in [0.3, 0.4) is 0 Å². The standard InChI is InChI=1S/C22H20ClNO2/c23-18-7-3-6-14(8-18)17-11-21(25)20(22(26)12-17)13-24-19-9-15-4-1-2-5-16(15)10-19/h1-8,13,17,19,25H,9-12H2. The number of carbonyl (C=O) groups excluding carboxylic acids is 1. The van der Waals surface area contributed by atoms with Gasteiger partial charge in [-0.2, -0.15) is 0 Å². The minimum atomic E-state index is -0.0574. The third-order valence-electron chi connectivity index (χ3n) is 5.25. The highest BCUT2D eigenvalue weighted by Gasteiger charge is 2.28. The average molecular weight is 366 g/mol. The normalized spacial score (nSPS) is 20.8. The minimum absolute atomic E-state index is 0.0333. The smallest absolute Gasteiger partial charge is 0.168 e. The molecule has 0 aromatic heterocycles. The van der Waals surface area contributed by atoms with Crippen molar-refractivity contribution < 1.29 is 9.90 Å². The number of benzene rings is 2. The quantitative estimate of drug-likeness (QED) is 0.791. The van der Waals surface area contributed by atoms with Crippen molar-refractivity contribution in [2.24, 2.45) is 4.99 Å². The first-order valence-electron chi connectivity index (χ1n) is 8.91. The molecule has 0 bridgehead atoms. The van der Waals surface area contributed by atoms with Gasteiger partial charge < -0.3 is 5.11 Å². The van der Waals surface area contributed by atoms with Gasteiger partial charge in [0.05, 0.1) is 11.6 Å². The fraction of sp³-hybridized carbons (Fsp3) is 0.273. The fourth-order valence-electron chi connectivity index (χ4n) is 3.87. The van der Waals surface area contributed by atoms with Crippen LogP contribution in [-0.2, 0) is 17.6 Å². The zero-order valence-corrected chi connectivity index (χ0v) is 15.1. The molecular formula is C22H20ClNO2. The maximum absolute atomic E-state index is 12.6. The summed E-state index contributed by atoms with van der Waals surface area (Å²) in [5.74, 6) is 0.0394. The first-order chi connectivity index (χ1) is 12.6. The van der Waals surface area contributed by atoms with Gasteiger partial charge in [-0.25, -0.2) is 0 Å². The molecule has 2 aliphatic carbocycles. The monoisotopic (exact) mass is 365 g/mol. The number of nitrogens with zero attached hydrogens (tertiary/aromatic N) is 1. The van der Waals surface area contributed by atoms with E-state index in [1.807, 2.05) is 36.4 Å². The van der Waals surface area contributed by atoms with E-state index in [2.05, 4.69) is 17.1 Å². The fourth-order valence-corrected chi connectivity index (χ4v) is 4.07. The van der Waals surface area contributed by atoms with E-state index in [1.54, 1.807) is 6.21 Å². The number of Topliss-reactive ketones (excluding diaryl/α,β-unsaturated/α-hetero) is 1. The Hall–Kier alpha value is -2.39. The van der Waals surface area contributed by atoms with E-state index in [-0.39, 0.29) is 23.5 Å². The summed E-state index contributed by atoms with van der Waals surface area (Å²) in [6.07, 6.45) is 4.18. The molecule has 0 saturated carbocycles. The van der Waals surface area contributed by atoms with Gasteiger partial charge >= 0.3 is 0 Å². The molecule has 132 valence electrons. The Morgan fingerprint density at radius 1 is 1.00 bits per heavy atom. The van der Waals surface area contributed by atoms with Gasteiger partial charge in [-0.3, -0.25) is 9.79 Å². The van der Waals surface area contributed by atoms with Gasteiger partial charge in [-0.1, -0.05) is 48.0 Å². The SMILES string of the molecule is O=C1CC(c2cccc(Cl)c2)CC(O)=C1C=NC1Cc2ccccc2C1. The first-order valence-corrected chi connectivity index (χ1v) is 9.28. The van der Waals surface area contributed by atoms with Crippen LogP contribution < -0.4 is 0 Å². The van der Waals surface area contributed by atoms with E-state index in [0.717, 1.165) is 18.4 Å². The zero-order valence-electron chi connectivity index (χ0n) is 14.4. The molecule has 0 amide bonds. The lowest BCUT2D eigenvalue weighted by molar-refractivity contribution is -0.116. The summed E-state index contributed by atoms with van der Waals surface area (Å²) in [5.41, 5.74) is 3.99. The van der Waals surface area contributed by atoms with Gasteiger partial charge in [0.1, 0.15) is 5.76 Å².